The molecule has 11 heteroatoms. The van der Waals surface area contributed by atoms with Gasteiger partial charge in [0.25, 0.3) is 0 Å². The van der Waals surface area contributed by atoms with Gasteiger partial charge in [-0.2, -0.15) is 26.3 Å². The molecule has 0 fully saturated rings. The van der Waals surface area contributed by atoms with Crippen LogP contribution in [0.5, 0.6) is 11.5 Å². The van der Waals surface area contributed by atoms with Gasteiger partial charge < -0.3 is 19.7 Å². The molecule has 2 atom stereocenters. The minimum absolute atomic E-state index is 0.148. The first-order valence-corrected chi connectivity index (χ1v) is 9.64. The molecule has 2 unspecified atom stereocenters. The number of aliphatic hydroxyl groups is 2. The van der Waals surface area contributed by atoms with E-state index in [1.54, 1.807) is 24.3 Å². The lowest BCUT2D eigenvalue weighted by atomic mass is 10.1. The van der Waals surface area contributed by atoms with E-state index in [4.69, 9.17) is 9.47 Å². The highest BCUT2D eigenvalue weighted by Crippen LogP contribution is 2.34. The van der Waals surface area contributed by atoms with Crippen molar-refractivity contribution in [1.82, 2.24) is 0 Å². The molecule has 2 N–H and O–H groups in total. The van der Waals surface area contributed by atoms with E-state index in [9.17, 15) is 36.6 Å². The fraction of sp³-hybridized carbons (Fsp3) is 0.400. The molecule has 0 bridgehead atoms. The summed E-state index contributed by atoms with van der Waals surface area (Å²) in [6.07, 6.45) is -9.64. The second kappa shape index (κ2) is 9.17. The molecular formula is C20H20F6O4S. The summed E-state index contributed by atoms with van der Waals surface area (Å²) in [6.45, 7) is -0.666. The Morgan fingerprint density at radius 3 is 1.19 bits per heavy atom. The number of hydrogen-bond donors (Lipinski definition) is 2. The predicted octanol–water partition coefficient (Wildman–Crippen LogP) is 5.22. The summed E-state index contributed by atoms with van der Waals surface area (Å²) in [7, 11) is 0. The minimum atomic E-state index is -4.82. The van der Waals surface area contributed by atoms with Gasteiger partial charge in [-0.3, -0.25) is 0 Å². The molecule has 0 saturated carbocycles. The number of halogens is 6. The Bertz CT molecular complexity index is 774. The molecule has 172 valence electrons. The molecule has 0 radical (unpaired) electrons. The highest BCUT2D eigenvalue weighted by Gasteiger charge is 2.51. The molecule has 2 aromatic carbocycles. The van der Waals surface area contributed by atoms with Crippen molar-refractivity contribution in [3.63, 3.8) is 0 Å². The van der Waals surface area contributed by atoms with Crippen LogP contribution in [0.1, 0.15) is 13.8 Å². The Labute approximate surface area is 178 Å². The molecule has 0 aliphatic rings. The van der Waals surface area contributed by atoms with Crippen LogP contribution in [0.4, 0.5) is 26.3 Å². The summed E-state index contributed by atoms with van der Waals surface area (Å²) in [5.41, 5.74) is -5.95. The van der Waals surface area contributed by atoms with Gasteiger partial charge in [0.2, 0.25) is 0 Å². The van der Waals surface area contributed by atoms with Crippen molar-refractivity contribution >= 4 is 11.8 Å². The van der Waals surface area contributed by atoms with Gasteiger partial charge in [-0.25, -0.2) is 0 Å². The van der Waals surface area contributed by atoms with Crippen LogP contribution in [-0.2, 0) is 0 Å². The average molecular weight is 470 g/mol. The maximum absolute atomic E-state index is 12.6. The van der Waals surface area contributed by atoms with Crippen molar-refractivity contribution in [3.8, 4) is 11.5 Å². The smallest absolute Gasteiger partial charge is 0.420 e. The van der Waals surface area contributed by atoms with Gasteiger partial charge in [0.1, 0.15) is 24.7 Å². The van der Waals surface area contributed by atoms with E-state index in [0.29, 0.717) is 13.8 Å². The molecule has 0 aromatic heterocycles. The Morgan fingerprint density at radius 2 is 0.935 bits per heavy atom. The highest BCUT2D eigenvalue weighted by atomic mass is 32.2. The van der Waals surface area contributed by atoms with Crippen LogP contribution in [0, 0.1) is 0 Å². The average Bonchev–Trinajstić information content (AvgIpc) is 2.65. The summed E-state index contributed by atoms with van der Waals surface area (Å²) in [5, 5.41) is 18.7. The summed E-state index contributed by atoms with van der Waals surface area (Å²) in [6, 6.07) is 12.2. The third kappa shape index (κ3) is 6.94. The Balaban J connectivity index is 1.91. The number of ether oxygens (including phenoxy) is 2. The summed E-state index contributed by atoms with van der Waals surface area (Å²) >= 11 is 1.29. The van der Waals surface area contributed by atoms with Gasteiger partial charge in [0.15, 0.2) is 11.2 Å². The first-order chi connectivity index (χ1) is 14.1. The largest absolute Gasteiger partial charge is 0.490 e. The topological polar surface area (TPSA) is 58.9 Å². The minimum Gasteiger partial charge on any atom is -0.490 e. The van der Waals surface area contributed by atoms with Gasteiger partial charge in [-0.15, -0.1) is 0 Å². The molecule has 0 spiro atoms. The van der Waals surface area contributed by atoms with Crippen molar-refractivity contribution in [1.29, 1.82) is 0 Å². The van der Waals surface area contributed by atoms with Gasteiger partial charge >= 0.3 is 12.4 Å². The van der Waals surface area contributed by atoms with Crippen LogP contribution in [0.25, 0.3) is 0 Å². The predicted molar refractivity (Wildman–Crippen MR) is 101 cm³/mol. The fourth-order valence-corrected chi connectivity index (χ4v) is 2.77. The molecule has 31 heavy (non-hydrogen) atoms. The summed E-state index contributed by atoms with van der Waals surface area (Å²) in [4.78, 5) is 1.45. The zero-order valence-corrected chi connectivity index (χ0v) is 17.2. The monoisotopic (exact) mass is 470 g/mol. The van der Waals surface area contributed by atoms with Crippen LogP contribution < -0.4 is 9.47 Å². The van der Waals surface area contributed by atoms with E-state index >= 15 is 0 Å². The molecule has 0 saturated heterocycles. The highest BCUT2D eigenvalue weighted by molar-refractivity contribution is 7.99. The van der Waals surface area contributed by atoms with Gasteiger partial charge in [-0.1, -0.05) is 11.8 Å². The number of rotatable bonds is 8. The van der Waals surface area contributed by atoms with Crippen LogP contribution in [0.15, 0.2) is 58.3 Å². The van der Waals surface area contributed by atoms with Gasteiger partial charge in [0, 0.05) is 9.79 Å². The van der Waals surface area contributed by atoms with Crippen LogP contribution in [0.2, 0.25) is 0 Å². The second-order valence-electron chi connectivity index (χ2n) is 7.17. The van der Waals surface area contributed by atoms with Crippen molar-refractivity contribution < 1.29 is 46.0 Å². The summed E-state index contributed by atoms with van der Waals surface area (Å²) in [5.74, 6) is 0.295. The van der Waals surface area contributed by atoms with E-state index < -0.39 is 36.8 Å². The lowest BCUT2D eigenvalue weighted by Gasteiger charge is -2.26. The molecule has 0 aliphatic carbocycles. The SMILES string of the molecule is CC(O)(COc1ccc(Sc2ccc(OCC(C)(O)C(F)(F)F)cc2)cc1)C(F)(F)F. The first kappa shape index (κ1) is 25.2. The van der Waals surface area contributed by atoms with E-state index in [1.807, 2.05) is 0 Å². The van der Waals surface area contributed by atoms with Crippen LogP contribution in [0.3, 0.4) is 0 Å². The normalized spacial score (nSPS) is 16.3. The fourth-order valence-electron chi connectivity index (χ4n) is 1.96. The Hall–Kier alpha value is -2.11. The third-order valence-corrected chi connectivity index (χ3v) is 5.16. The van der Waals surface area contributed by atoms with Crippen molar-refractivity contribution in [2.75, 3.05) is 13.2 Å². The van der Waals surface area contributed by atoms with E-state index in [1.165, 1.54) is 36.0 Å². The van der Waals surface area contributed by atoms with Crippen LogP contribution >= 0.6 is 11.8 Å². The summed E-state index contributed by atoms with van der Waals surface area (Å²) < 4.78 is 85.8. The quantitative estimate of drug-likeness (QED) is 0.518. The zero-order valence-electron chi connectivity index (χ0n) is 16.4. The maximum Gasteiger partial charge on any atom is 0.420 e. The maximum atomic E-state index is 12.6. The molecule has 0 aliphatic heterocycles. The van der Waals surface area contributed by atoms with Crippen molar-refractivity contribution in [2.45, 2.75) is 47.2 Å². The van der Waals surface area contributed by atoms with E-state index in [0.717, 1.165) is 9.79 Å². The Kier molecular flexibility index (Phi) is 7.44. The molecule has 0 amide bonds. The van der Waals surface area contributed by atoms with Crippen LogP contribution in [-0.4, -0.2) is 47.0 Å². The lowest BCUT2D eigenvalue weighted by molar-refractivity contribution is -0.260. The third-order valence-electron chi connectivity index (χ3n) is 4.14. The Morgan fingerprint density at radius 1 is 0.645 bits per heavy atom. The van der Waals surface area contributed by atoms with E-state index in [-0.39, 0.29) is 11.5 Å². The number of alkyl halides is 6. The van der Waals surface area contributed by atoms with Crippen molar-refractivity contribution in [3.05, 3.63) is 48.5 Å². The van der Waals surface area contributed by atoms with Gasteiger partial charge in [-0.05, 0) is 62.4 Å². The first-order valence-electron chi connectivity index (χ1n) is 8.82. The second-order valence-corrected chi connectivity index (χ2v) is 8.31. The van der Waals surface area contributed by atoms with E-state index in [2.05, 4.69) is 0 Å². The van der Waals surface area contributed by atoms with Crippen molar-refractivity contribution in [2.24, 2.45) is 0 Å². The van der Waals surface area contributed by atoms with Gasteiger partial charge in [0.05, 0.1) is 0 Å². The zero-order chi connectivity index (χ0) is 23.5. The number of hydrogen-bond acceptors (Lipinski definition) is 5. The molecule has 2 rings (SSSR count). The molecule has 0 heterocycles. The standard InChI is InChI=1S/C20H20F6O4S/c1-17(27,19(21,22)23)11-29-13-3-7-15(8-4-13)31-16-9-5-14(6-10-16)30-12-18(2,28)20(24,25)26/h3-10,27-28H,11-12H2,1-2H3. The molecule has 2 aromatic rings. The molecule has 4 nitrogen and oxygen atoms in total. The molecular weight excluding hydrogens is 450 g/mol. The number of benzene rings is 2. The lowest BCUT2D eigenvalue weighted by Crippen LogP contribution is -2.47.